The van der Waals surface area contributed by atoms with Gasteiger partial charge in [-0.15, -0.1) is 0 Å². The Balaban J connectivity index is 2.55. The topological polar surface area (TPSA) is 90.3 Å². The molecule has 28 heavy (non-hydrogen) atoms. The number of methoxy groups -OCH3 is 1. The highest BCUT2D eigenvalue weighted by atomic mass is 32.2. The van der Waals surface area contributed by atoms with Crippen LogP contribution in [0.25, 0.3) is 10.9 Å². The van der Waals surface area contributed by atoms with E-state index in [0.717, 1.165) is 0 Å². The molecule has 2 rings (SSSR count). The van der Waals surface area contributed by atoms with E-state index in [0.29, 0.717) is 28.2 Å². The van der Waals surface area contributed by atoms with Crippen LogP contribution in [-0.2, 0) is 16.1 Å². The Morgan fingerprint density at radius 1 is 1.21 bits per heavy atom. The van der Waals surface area contributed by atoms with Crippen LogP contribution in [0.2, 0.25) is 0 Å². The molecule has 1 heterocycles. The second kappa shape index (κ2) is 9.23. The van der Waals surface area contributed by atoms with Crippen molar-refractivity contribution in [2.75, 3.05) is 7.11 Å². The number of carbonyl (C=O) groups is 2. The molecule has 0 fully saturated rings. The van der Waals surface area contributed by atoms with Crippen molar-refractivity contribution in [1.29, 1.82) is 0 Å². The fraction of sp³-hybridized carbons (Fsp3) is 0.500. The van der Waals surface area contributed by atoms with Crippen LogP contribution in [0.3, 0.4) is 0 Å². The molecule has 0 saturated heterocycles. The molecule has 152 valence electrons. The number of benzene rings is 1. The van der Waals surface area contributed by atoms with E-state index in [1.54, 1.807) is 29.7 Å². The number of hydrogen-bond acceptors (Lipinski definition) is 6. The van der Waals surface area contributed by atoms with Gasteiger partial charge in [0.15, 0.2) is 5.16 Å². The van der Waals surface area contributed by atoms with Crippen molar-refractivity contribution in [1.82, 2.24) is 14.9 Å². The third-order valence-electron chi connectivity index (χ3n) is 3.97. The van der Waals surface area contributed by atoms with Gasteiger partial charge in [0.2, 0.25) is 5.91 Å². The van der Waals surface area contributed by atoms with Crippen LogP contribution < -0.4 is 10.9 Å². The summed E-state index contributed by atoms with van der Waals surface area (Å²) < 4.78 is 6.35. The van der Waals surface area contributed by atoms with Gasteiger partial charge >= 0.3 is 5.97 Å². The van der Waals surface area contributed by atoms with Gasteiger partial charge in [0.25, 0.3) is 5.56 Å². The number of nitrogens with one attached hydrogen (secondary N) is 1. The number of rotatable bonds is 7. The summed E-state index contributed by atoms with van der Waals surface area (Å²) in [5, 5.41) is 3.33. The predicted octanol–water partition coefficient (Wildman–Crippen LogP) is 2.84. The standard InChI is InChI=1S/C20H27N3O4S/c1-11(2)10-23-18(25)15-8-7-14(19(26)27-6)9-16(15)22-20(23)28-13(5)17(24)21-12(3)4/h7-9,11-13H,10H2,1-6H3,(H,21,24)/t13-/m0/s1. The second-order valence-corrected chi connectivity index (χ2v) is 8.66. The third-order valence-corrected chi connectivity index (χ3v) is 5.06. The van der Waals surface area contributed by atoms with Crippen LogP contribution in [-0.4, -0.2) is 39.8 Å². The summed E-state index contributed by atoms with van der Waals surface area (Å²) in [6, 6.07) is 4.73. The van der Waals surface area contributed by atoms with E-state index in [4.69, 9.17) is 4.74 Å². The Bertz CT molecular complexity index is 937. The number of esters is 1. The SMILES string of the molecule is COC(=O)c1ccc2c(=O)n(CC(C)C)c(S[C@@H](C)C(=O)NC(C)C)nc2c1. The fourth-order valence-corrected chi connectivity index (χ4v) is 3.60. The summed E-state index contributed by atoms with van der Waals surface area (Å²) >= 11 is 1.23. The Morgan fingerprint density at radius 2 is 1.89 bits per heavy atom. The van der Waals surface area contributed by atoms with Gasteiger partial charge in [-0.05, 0) is 44.9 Å². The van der Waals surface area contributed by atoms with Crippen LogP contribution in [0.15, 0.2) is 28.2 Å². The number of aromatic nitrogens is 2. The van der Waals surface area contributed by atoms with Gasteiger partial charge in [-0.3, -0.25) is 14.2 Å². The Morgan fingerprint density at radius 3 is 2.46 bits per heavy atom. The summed E-state index contributed by atoms with van der Waals surface area (Å²) in [5.41, 5.74) is 0.547. The van der Waals surface area contributed by atoms with E-state index in [1.807, 2.05) is 27.7 Å². The maximum Gasteiger partial charge on any atom is 0.337 e. The monoisotopic (exact) mass is 405 g/mol. The summed E-state index contributed by atoms with van der Waals surface area (Å²) in [6.07, 6.45) is 0. The Kier molecular flexibility index (Phi) is 7.23. The molecule has 0 unspecified atom stereocenters. The molecule has 1 amide bonds. The summed E-state index contributed by atoms with van der Waals surface area (Å²) in [6.45, 7) is 10.1. The lowest BCUT2D eigenvalue weighted by Gasteiger charge is -2.18. The highest BCUT2D eigenvalue weighted by molar-refractivity contribution is 8.00. The molecule has 7 nitrogen and oxygen atoms in total. The Hall–Kier alpha value is -2.35. The first kappa shape index (κ1) is 21.9. The zero-order valence-corrected chi connectivity index (χ0v) is 17.9. The van der Waals surface area contributed by atoms with E-state index in [1.165, 1.54) is 18.9 Å². The zero-order chi connectivity index (χ0) is 21.0. The van der Waals surface area contributed by atoms with Crippen molar-refractivity contribution >= 4 is 34.5 Å². The van der Waals surface area contributed by atoms with Gasteiger partial charge < -0.3 is 10.1 Å². The van der Waals surface area contributed by atoms with Gasteiger partial charge in [0, 0.05) is 12.6 Å². The molecular weight excluding hydrogens is 378 g/mol. The van der Waals surface area contributed by atoms with Gasteiger partial charge in [0.05, 0.1) is 28.8 Å². The number of carbonyl (C=O) groups excluding carboxylic acids is 2. The van der Waals surface area contributed by atoms with Crippen molar-refractivity contribution in [3.63, 3.8) is 0 Å². The number of nitrogens with zero attached hydrogens (tertiary/aromatic N) is 2. The highest BCUT2D eigenvalue weighted by Gasteiger charge is 2.21. The fourth-order valence-electron chi connectivity index (χ4n) is 2.68. The molecule has 1 atom stereocenters. The van der Waals surface area contributed by atoms with E-state index in [9.17, 15) is 14.4 Å². The molecule has 1 aromatic heterocycles. The maximum absolute atomic E-state index is 13.1. The van der Waals surface area contributed by atoms with E-state index >= 15 is 0 Å². The van der Waals surface area contributed by atoms with Crippen molar-refractivity contribution in [3.05, 3.63) is 34.1 Å². The summed E-state index contributed by atoms with van der Waals surface area (Å²) in [4.78, 5) is 41.8. The minimum atomic E-state index is -0.492. The molecule has 0 spiro atoms. The van der Waals surface area contributed by atoms with E-state index in [-0.39, 0.29) is 23.4 Å². The molecule has 0 aliphatic heterocycles. The molecule has 0 bridgehead atoms. The van der Waals surface area contributed by atoms with Gasteiger partial charge in [-0.2, -0.15) is 0 Å². The molecule has 2 aromatic rings. The molecule has 0 aliphatic rings. The number of ether oxygens (including phenoxy) is 1. The minimum absolute atomic E-state index is 0.0283. The Labute approximate surface area is 168 Å². The molecule has 0 saturated carbocycles. The average Bonchev–Trinajstić information content (AvgIpc) is 2.62. The number of hydrogen-bond donors (Lipinski definition) is 1. The largest absolute Gasteiger partial charge is 0.465 e. The predicted molar refractivity (Wildman–Crippen MR) is 111 cm³/mol. The van der Waals surface area contributed by atoms with Crippen LogP contribution in [0.1, 0.15) is 45.0 Å². The second-order valence-electron chi connectivity index (χ2n) is 7.35. The molecular formula is C20H27N3O4S. The normalized spacial score (nSPS) is 12.4. The quantitative estimate of drug-likeness (QED) is 0.433. The van der Waals surface area contributed by atoms with Crippen LogP contribution in [0.5, 0.6) is 0 Å². The number of thioether (sulfide) groups is 1. The summed E-state index contributed by atoms with van der Waals surface area (Å²) in [5.74, 6) is -0.381. The first-order valence-corrected chi connectivity index (χ1v) is 10.1. The number of fused-ring (bicyclic) bond motifs is 1. The van der Waals surface area contributed by atoms with Crippen molar-refractivity contribution in [2.24, 2.45) is 5.92 Å². The van der Waals surface area contributed by atoms with Crippen LogP contribution >= 0.6 is 11.8 Å². The molecule has 1 N–H and O–H groups in total. The van der Waals surface area contributed by atoms with Gasteiger partial charge in [-0.25, -0.2) is 9.78 Å². The van der Waals surface area contributed by atoms with E-state index in [2.05, 4.69) is 10.3 Å². The highest BCUT2D eigenvalue weighted by Crippen LogP contribution is 2.24. The number of amides is 1. The molecule has 1 aromatic carbocycles. The average molecular weight is 406 g/mol. The van der Waals surface area contributed by atoms with Crippen LogP contribution in [0.4, 0.5) is 0 Å². The lowest BCUT2D eigenvalue weighted by molar-refractivity contribution is -0.120. The molecule has 8 heteroatoms. The van der Waals surface area contributed by atoms with Gasteiger partial charge in [-0.1, -0.05) is 25.6 Å². The van der Waals surface area contributed by atoms with Crippen molar-refractivity contribution < 1.29 is 14.3 Å². The van der Waals surface area contributed by atoms with Crippen LogP contribution in [0, 0.1) is 5.92 Å². The minimum Gasteiger partial charge on any atom is -0.465 e. The van der Waals surface area contributed by atoms with E-state index < -0.39 is 11.2 Å². The zero-order valence-electron chi connectivity index (χ0n) is 17.1. The van der Waals surface area contributed by atoms with Crippen molar-refractivity contribution in [2.45, 2.75) is 57.6 Å². The third kappa shape index (κ3) is 5.13. The van der Waals surface area contributed by atoms with Crippen molar-refractivity contribution in [3.8, 4) is 0 Å². The first-order valence-electron chi connectivity index (χ1n) is 9.24. The lowest BCUT2D eigenvalue weighted by atomic mass is 10.1. The maximum atomic E-state index is 13.1. The van der Waals surface area contributed by atoms with Gasteiger partial charge in [0.1, 0.15) is 0 Å². The summed E-state index contributed by atoms with van der Waals surface area (Å²) in [7, 11) is 1.30. The first-order chi connectivity index (χ1) is 13.1. The molecule has 0 radical (unpaired) electrons. The molecule has 0 aliphatic carbocycles. The lowest BCUT2D eigenvalue weighted by Crippen LogP contribution is -2.36. The smallest absolute Gasteiger partial charge is 0.337 e.